The van der Waals surface area contributed by atoms with E-state index in [0.717, 1.165) is 10.6 Å². The average Bonchev–Trinajstić information content (AvgIpc) is 3.20. The van der Waals surface area contributed by atoms with Crippen LogP contribution in [0.2, 0.25) is 0 Å². The highest BCUT2D eigenvalue weighted by Crippen LogP contribution is 2.23. The molecule has 0 unspecified atom stereocenters. The molecule has 9 heteroatoms. The third-order valence-corrected chi connectivity index (χ3v) is 4.88. The molecule has 0 atom stereocenters. The van der Waals surface area contributed by atoms with E-state index in [2.05, 4.69) is 32.6 Å². The summed E-state index contributed by atoms with van der Waals surface area (Å²) in [7, 11) is 0. The maximum atomic E-state index is 12.5. The van der Waals surface area contributed by atoms with Crippen LogP contribution in [0, 0.1) is 0 Å². The summed E-state index contributed by atoms with van der Waals surface area (Å²) in [6, 6.07) is 8.60. The van der Waals surface area contributed by atoms with Crippen LogP contribution in [0.5, 0.6) is 0 Å². The second-order valence-electron chi connectivity index (χ2n) is 6.03. The minimum atomic E-state index is -0.284. The molecule has 0 bridgehead atoms. The van der Waals surface area contributed by atoms with Crippen LogP contribution in [0.25, 0.3) is 0 Å². The third kappa shape index (κ3) is 5.18. The van der Waals surface area contributed by atoms with Crippen molar-refractivity contribution in [3.05, 3.63) is 71.8 Å². The lowest BCUT2D eigenvalue weighted by Crippen LogP contribution is -2.23. The number of hydrogen-bond acceptors (Lipinski definition) is 8. The Morgan fingerprint density at radius 3 is 2.86 bits per heavy atom. The van der Waals surface area contributed by atoms with E-state index in [4.69, 9.17) is 0 Å². The van der Waals surface area contributed by atoms with Gasteiger partial charge in [-0.05, 0) is 29.8 Å². The Morgan fingerprint density at radius 1 is 1.29 bits per heavy atom. The quantitative estimate of drug-likeness (QED) is 0.421. The maximum Gasteiger partial charge on any atom is 0.251 e. The van der Waals surface area contributed by atoms with Gasteiger partial charge in [0.2, 0.25) is 0 Å². The highest BCUT2D eigenvalue weighted by atomic mass is 32.2. The summed E-state index contributed by atoms with van der Waals surface area (Å²) in [5.74, 6) is 0.134. The van der Waals surface area contributed by atoms with Crippen LogP contribution >= 0.6 is 11.8 Å². The van der Waals surface area contributed by atoms with Gasteiger partial charge in [-0.15, -0.1) is 16.9 Å². The van der Waals surface area contributed by atoms with Crippen LogP contribution in [0.1, 0.15) is 27.9 Å². The number of amides is 1. The van der Waals surface area contributed by atoms with Crippen LogP contribution in [0.4, 0.5) is 5.69 Å². The van der Waals surface area contributed by atoms with E-state index in [0.29, 0.717) is 41.2 Å². The SMILES string of the molecule is C=C(O)CSC1=NN=C(c2cc(NO)cc(C(=O)NCc3cccnc3)c2)C1. The molecule has 1 aliphatic rings. The molecule has 0 fully saturated rings. The first kappa shape index (κ1) is 19.6. The fourth-order valence-electron chi connectivity index (χ4n) is 2.51. The van der Waals surface area contributed by atoms with Crippen LogP contribution in [-0.2, 0) is 6.54 Å². The molecular weight excluding hydrogens is 378 g/mol. The number of aromatic nitrogens is 1. The first-order valence-corrected chi connectivity index (χ1v) is 9.39. The van der Waals surface area contributed by atoms with Gasteiger partial charge in [0.15, 0.2) is 0 Å². The van der Waals surface area contributed by atoms with E-state index in [1.165, 1.54) is 11.8 Å². The molecule has 0 spiro atoms. The van der Waals surface area contributed by atoms with Crippen LogP contribution in [0.3, 0.4) is 0 Å². The largest absolute Gasteiger partial charge is 0.512 e. The Morgan fingerprint density at radius 2 is 2.14 bits per heavy atom. The molecule has 144 valence electrons. The lowest BCUT2D eigenvalue weighted by Gasteiger charge is -2.10. The number of nitrogens with one attached hydrogen (secondary N) is 2. The molecule has 0 radical (unpaired) electrons. The Balaban J connectivity index is 1.70. The molecule has 4 N–H and O–H groups in total. The Labute approximate surface area is 166 Å². The first-order chi connectivity index (χ1) is 13.5. The summed E-state index contributed by atoms with van der Waals surface area (Å²) < 4.78 is 0. The smallest absolute Gasteiger partial charge is 0.251 e. The summed E-state index contributed by atoms with van der Waals surface area (Å²) in [6.45, 7) is 3.79. The van der Waals surface area contributed by atoms with Crippen molar-refractivity contribution < 1.29 is 15.1 Å². The lowest BCUT2D eigenvalue weighted by molar-refractivity contribution is 0.0951. The van der Waals surface area contributed by atoms with E-state index >= 15 is 0 Å². The fourth-order valence-corrected chi connectivity index (χ4v) is 3.18. The van der Waals surface area contributed by atoms with Crippen LogP contribution < -0.4 is 10.8 Å². The number of benzene rings is 1. The van der Waals surface area contributed by atoms with Gasteiger partial charge in [0.1, 0.15) is 5.04 Å². The maximum absolute atomic E-state index is 12.5. The number of aliphatic hydroxyl groups excluding tert-OH is 1. The summed E-state index contributed by atoms with van der Waals surface area (Å²) >= 11 is 1.35. The van der Waals surface area contributed by atoms with Gasteiger partial charge in [-0.3, -0.25) is 20.5 Å². The molecular formula is C19H19N5O3S. The molecule has 0 saturated carbocycles. The van der Waals surface area contributed by atoms with Gasteiger partial charge in [0.25, 0.3) is 5.91 Å². The van der Waals surface area contributed by atoms with Gasteiger partial charge >= 0.3 is 0 Å². The van der Waals surface area contributed by atoms with Crippen molar-refractivity contribution in [1.82, 2.24) is 10.3 Å². The number of aliphatic hydroxyl groups is 1. The van der Waals surface area contributed by atoms with Gasteiger partial charge in [-0.25, -0.2) is 0 Å². The topological polar surface area (TPSA) is 119 Å². The highest BCUT2D eigenvalue weighted by molar-refractivity contribution is 8.14. The minimum Gasteiger partial charge on any atom is -0.512 e. The van der Waals surface area contributed by atoms with E-state index in [-0.39, 0.29) is 11.7 Å². The number of nitrogens with zero attached hydrogens (tertiary/aromatic N) is 3. The number of thioether (sulfide) groups is 1. The molecule has 1 amide bonds. The van der Waals surface area contributed by atoms with Crippen molar-refractivity contribution in [1.29, 1.82) is 0 Å². The van der Waals surface area contributed by atoms with E-state index in [1.54, 1.807) is 36.7 Å². The molecule has 8 nitrogen and oxygen atoms in total. The van der Waals surface area contributed by atoms with Gasteiger partial charge in [-0.2, -0.15) is 5.10 Å². The van der Waals surface area contributed by atoms with Crippen LogP contribution in [0.15, 0.2) is 65.3 Å². The number of pyridine rings is 1. The normalized spacial score (nSPS) is 12.9. The zero-order valence-corrected chi connectivity index (χ0v) is 15.7. The number of hydrogen-bond donors (Lipinski definition) is 4. The minimum absolute atomic E-state index is 0.0696. The zero-order chi connectivity index (χ0) is 19.9. The van der Waals surface area contributed by atoms with Gasteiger partial charge < -0.3 is 10.4 Å². The lowest BCUT2D eigenvalue weighted by atomic mass is 10.0. The number of rotatable bonds is 7. The Kier molecular flexibility index (Phi) is 6.41. The summed E-state index contributed by atoms with van der Waals surface area (Å²) in [5, 5.41) is 30.3. The van der Waals surface area contributed by atoms with Gasteiger partial charge in [0, 0.05) is 36.5 Å². The zero-order valence-electron chi connectivity index (χ0n) is 14.9. The summed E-state index contributed by atoms with van der Waals surface area (Å²) in [5.41, 5.74) is 5.06. The molecule has 0 aliphatic carbocycles. The van der Waals surface area contributed by atoms with Gasteiger partial charge in [0.05, 0.1) is 22.9 Å². The molecule has 1 aromatic carbocycles. The number of carbonyl (C=O) groups excluding carboxylic acids is 1. The molecule has 3 rings (SSSR count). The van der Waals surface area contributed by atoms with Crippen molar-refractivity contribution in [2.75, 3.05) is 11.2 Å². The Bertz CT molecular complexity index is 944. The standard InChI is InChI=1S/C19H19N5O3S/c1-12(25)11-28-18-8-17(22-23-18)14-5-15(7-16(6-14)24-27)19(26)21-10-13-3-2-4-20-9-13/h2-7,9,24-25,27H,1,8,10-11H2,(H,21,26). The first-order valence-electron chi connectivity index (χ1n) is 8.41. The summed E-state index contributed by atoms with van der Waals surface area (Å²) in [4.78, 5) is 16.6. The highest BCUT2D eigenvalue weighted by Gasteiger charge is 2.18. The van der Waals surface area contributed by atoms with Crippen molar-refractivity contribution in [3.63, 3.8) is 0 Å². The molecule has 0 saturated heterocycles. The summed E-state index contributed by atoms with van der Waals surface area (Å²) in [6.07, 6.45) is 3.83. The number of anilines is 1. The monoisotopic (exact) mass is 397 g/mol. The van der Waals surface area contributed by atoms with Gasteiger partial charge in [-0.1, -0.05) is 12.6 Å². The third-order valence-electron chi connectivity index (χ3n) is 3.84. The van der Waals surface area contributed by atoms with E-state index in [9.17, 15) is 15.1 Å². The second-order valence-corrected chi connectivity index (χ2v) is 7.08. The van der Waals surface area contributed by atoms with E-state index in [1.807, 2.05) is 6.07 Å². The van der Waals surface area contributed by atoms with Crippen molar-refractivity contribution in [3.8, 4) is 0 Å². The fraction of sp³-hybridized carbons (Fsp3) is 0.158. The van der Waals surface area contributed by atoms with Crippen molar-refractivity contribution >= 4 is 34.1 Å². The van der Waals surface area contributed by atoms with E-state index < -0.39 is 0 Å². The van der Waals surface area contributed by atoms with Crippen LogP contribution in [-0.4, -0.2) is 37.7 Å². The molecule has 2 heterocycles. The van der Waals surface area contributed by atoms with Crippen molar-refractivity contribution in [2.45, 2.75) is 13.0 Å². The molecule has 28 heavy (non-hydrogen) atoms. The second kappa shape index (κ2) is 9.16. The van der Waals surface area contributed by atoms with Crippen molar-refractivity contribution in [2.24, 2.45) is 10.2 Å². The molecule has 1 aromatic heterocycles. The number of carbonyl (C=O) groups is 1. The molecule has 1 aliphatic heterocycles. The Hall–Kier alpha value is -3.17. The predicted molar refractivity (Wildman–Crippen MR) is 110 cm³/mol. The predicted octanol–water partition coefficient (Wildman–Crippen LogP) is 3.12. The average molecular weight is 397 g/mol. The molecule has 2 aromatic rings.